The van der Waals surface area contributed by atoms with E-state index in [9.17, 15) is 0 Å². The zero-order valence-corrected chi connectivity index (χ0v) is 11.3. The molecule has 0 aliphatic carbocycles. The molecule has 0 aromatic carbocycles. The van der Waals surface area contributed by atoms with Crippen molar-refractivity contribution in [2.75, 3.05) is 13.2 Å². The fourth-order valence-corrected chi connectivity index (χ4v) is 2.35. The fourth-order valence-electron chi connectivity index (χ4n) is 2.35. The number of nitrogens with one attached hydrogen (secondary N) is 1. The van der Waals surface area contributed by atoms with Crippen molar-refractivity contribution in [3.8, 4) is 0 Å². The molecule has 1 heterocycles. The molecule has 1 aliphatic rings. The molecule has 2 nitrogen and oxygen atoms in total. The Hall–Kier alpha value is -0.0800. The van der Waals surface area contributed by atoms with E-state index in [1.54, 1.807) is 0 Å². The van der Waals surface area contributed by atoms with Crippen LogP contribution in [0, 0.1) is 0 Å². The second kappa shape index (κ2) is 7.29. The molecule has 1 rings (SSSR count). The SMILES string of the molecule is CCCCCCC(C)NCC1(C)CCCO1. The van der Waals surface area contributed by atoms with E-state index in [1.807, 2.05) is 0 Å². The van der Waals surface area contributed by atoms with Crippen molar-refractivity contribution in [1.82, 2.24) is 5.32 Å². The van der Waals surface area contributed by atoms with E-state index < -0.39 is 0 Å². The third-order valence-electron chi connectivity index (χ3n) is 3.62. The molecule has 96 valence electrons. The minimum atomic E-state index is 0.109. The van der Waals surface area contributed by atoms with Crippen LogP contribution in [0.3, 0.4) is 0 Å². The highest BCUT2D eigenvalue weighted by Gasteiger charge is 2.29. The van der Waals surface area contributed by atoms with Gasteiger partial charge in [0.05, 0.1) is 5.60 Å². The van der Waals surface area contributed by atoms with Crippen LogP contribution < -0.4 is 5.32 Å². The topological polar surface area (TPSA) is 21.3 Å². The predicted molar refractivity (Wildman–Crippen MR) is 69.8 cm³/mol. The van der Waals surface area contributed by atoms with E-state index >= 15 is 0 Å². The van der Waals surface area contributed by atoms with Crippen molar-refractivity contribution < 1.29 is 4.74 Å². The molecule has 0 aromatic heterocycles. The smallest absolute Gasteiger partial charge is 0.0779 e. The van der Waals surface area contributed by atoms with Crippen LogP contribution in [0.2, 0.25) is 0 Å². The van der Waals surface area contributed by atoms with E-state index in [-0.39, 0.29) is 5.60 Å². The monoisotopic (exact) mass is 227 g/mol. The maximum Gasteiger partial charge on any atom is 0.0779 e. The highest BCUT2D eigenvalue weighted by Crippen LogP contribution is 2.24. The van der Waals surface area contributed by atoms with E-state index in [4.69, 9.17) is 4.74 Å². The molecule has 0 spiro atoms. The van der Waals surface area contributed by atoms with Gasteiger partial charge in [0, 0.05) is 19.2 Å². The van der Waals surface area contributed by atoms with Crippen LogP contribution in [0.25, 0.3) is 0 Å². The van der Waals surface area contributed by atoms with Crippen molar-refractivity contribution in [2.24, 2.45) is 0 Å². The fraction of sp³-hybridized carbons (Fsp3) is 1.00. The van der Waals surface area contributed by atoms with Gasteiger partial charge in [0.1, 0.15) is 0 Å². The molecule has 0 amide bonds. The Morgan fingerprint density at radius 1 is 1.31 bits per heavy atom. The van der Waals surface area contributed by atoms with Gasteiger partial charge in [-0.3, -0.25) is 0 Å². The predicted octanol–water partition coefficient (Wildman–Crippen LogP) is 3.50. The summed E-state index contributed by atoms with van der Waals surface area (Å²) in [4.78, 5) is 0. The molecule has 1 aliphatic heterocycles. The summed E-state index contributed by atoms with van der Waals surface area (Å²) >= 11 is 0. The summed E-state index contributed by atoms with van der Waals surface area (Å²) in [6.45, 7) is 8.76. The van der Waals surface area contributed by atoms with Gasteiger partial charge < -0.3 is 10.1 Å². The molecule has 0 radical (unpaired) electrons. The van der Waals surface area contributed by atoms with Gasteiger partial charge in [0.15, 0.2) is 0 Å². The Bertz CT molecular complexity index is 176. The van der Waals surface area contributed by atoms with Crippen molar-refractivity contribution in [3.05, 3.63) is 0 Å². The van der Waals surface area contributed by atoms with Crippen LogP contribution >= 0.6 is 0 Å². The summed E-state index contributed by atoms with van der Waals surface area (Å²) in [5.74, 6) is 0. The van der Waals surface area contributed by atoms with Crippen molar-refractivity contribution in [2.45, 2.75) is 77.4 Å². The maximum absolute atomic E-state index is 5.77. The van der Waals surface area contributed by atoms with Crippen LogP contribution in [0.5, 0.6) is 0 Å². The lowest BCUT2D eigenvalue weighted by Crippen LogP contribution is -2.41. The van der Waals surface area contributed by atoms with E-state index in [1.165, 1.54) is 44.9 Å². The number of hydrogen-bond donors (Lipinski definition) is 1. The summed E-state index contributed by atoms with van der Waals surface area (Å²) in [5, 5.41) is 3.62. The van der Waals surface area contributed by atoms with Gasteiger partial charge in [0.25, 0.3) is 0 Å². The van der Waals surface area contributed by atoms with E-state index in [0.29, 0.717) is 6.04 Å². The highest BCUT2D eigenvalue weighted by atomic mass is 16.5. The van der Waals surface area contributed by atoms with Gasteiger partial charge in [-0.05, 0) is 33.1 Å². The first-order valence-corrected chi connectivity index (χ1v) is 7.03. The Morgan fingerprint density at radius 3 is 2.75 bits per heavy atom. The first-order chi connectivity index (χ1) is 7.66. The summed E-state index contributed by atoms with van der Waals surface area (Å²) in [6.07, 6.45) is 9.19. The second-order valence-electron chi connectivity index (χ2n) is 5.53. The van der Waals surface area contributed by atoms with Gasteiger partial charge in [-0.2, -0.15) is 0 Å². The standard InChI is InChI=1S/C14H29NO/c1-4-5-6-7-9-13(2)15-12-14(3)10-8-11-16-14/h13,15H,4-12H2,1-3H3. The normalized spacial score (nSPS) is 27.2. The molecular weight excluding hydrogens is 198 g/mol. The molecular formula is C14H29NO. The minimum Gasteiger partial charge on any atom is -0.374 e. The van der Waals surface area contributed by atoms with Crippen molar-refractivity contribution in [1.29, 1.82) is 0 Å². The molecule has 2 heteroatoms. The molecule has 1 saturated heterocycles. The Labute approximate surface area is 101 Å². The number of ether oxygens (including phenoxy) is 1. The van der Waals surface area contributed by atoms with Crippen molar-refractivity contribution in [3.63, 3.8) is 0 Å². The van der Waals surface area contributed by atoms with Crippen LogP contribution in [-0.2, 0) is 4.74 Å². The number of hydrogen-bond acceptors (Lipinski definition) is 2. The number of unbranched alkanes of at least 4 members (excludes halogenated alkanes) is 3. The second-order valence-corrected chi connectivity index (χ2v) is 5.53. The largest absolute Gasteiger partial charge is 0.374 e. The summed E-state index contributed by atoms with van der Waals surface area (Å²) in [7, 11) is 0. The van der Waals surface area contributed by atoms with E-state index in [2.05, 4.69) is 26.1 Å². The Balaban J connectivity index is 2.03. The highest BCUT2D eigenvalue weighted by molar-refractivity contribution is 4.83. The van der Waals surface area contributed by atoms with Crippen molar-refractivity contribution >= 4 is 0 Å². The summed E-state index contributed by atoms with van der Waals surface area (Å²) < 4.78 is 5.77. The molecule has 1 fully saturated rings. The zero-order valence-electron chi connectivity index (χ0n) is 11.3. The average molecular weight is 227 g/mol. The molecule has 0 saturated carbocycles. The first-order valence-electron chi connectivity index (χ1n) is 7.03. The third kappa shape index (κ3) is 5.31. The third-order valence-corrected chi connectivity index (χ3v) is 3.62. The van der Waals surface area contributed by atoms with Gasteiger partial charge in [-0.25, -0.2) is 0 Å². The zero-order chi connectivity index (χ0) is 11.9. The lowest BCUT2D eigenvalue weighted by atomic mass is 10.0. The number of rotatable bonds is 8. The molecule has 0 bridgehead atoms. The van der Waals surface area contributed by atoms with E-state index in [0.717, 1.165) is 13.2 Å². The summed E-state index contributed by atoms with van der Waals surface area (Å²) in [6, 6.07) is 0.637. The molecule has 0 aromatic rings. The lowest BCUT2D eigenvalue weighted by Gasteiger charge is -2.26. The van der Waals surface area contributed by atoms with Crippen LogP contribution in [-0.4, -0.2) is 24.8 Å². The van der Waals surface area contributed by atoms with Crippen LogP contribution in [0.15, 0.2) is 0 Å². The molecule has 1 N–H and O–H groups in total. The summed E-state index contributed by atoms with van der Waals surface area (Å²) in [5.41, 5.74) is 0.109. The Kier molecular flexibility index (Phi) is 6.37. The average Bonchev–Trinajstić information content (AvgIpc) is 2.70. The first kappa shape index (κ1) is 14.0. The van der Waals surface area contributed by atoms with Gasteiger partial charge in [-0.1, -0.05) is 32.6 Å². The lowest BCUT2D eigenvalue weighted by molar-refractivity contribution is 0.0189. The maximum atomic E-state index is 5.77. The molecule has 16 heavy (non-hydrogen) atoms. The molecule has 2 atom stereocenters. The van der Waals surface area contributed by atoms with Gasteiger partial charge >= 0.3 is 0 Å². The van der Waals surface area contributed by atoms with Crippen LogP contribution in [0.1, 0.15) is 65.7 Å². The molecule has 2 unspecified atom stereocenters. The van der Waals surface area contributed by atoms with Gasteiger partial charge in [-0.15, -0.1) is 0 Å². The quantitative estimate of drug-likeness (QED) is 0.641. The minimum absolute atomic E-state index is 0.109. The Morgan fingerprint density at radius 2 is 2.12 bits per heavy atom. The van der Waals surface area contributed by atoms with Crippen LogP contribution in [0.4, 0.5) is 0 Å². The van der Waals surface area contributed by atoms with Gasteiger partial charge in [0.2, 0.25) is 0 Å².